The molecule has 1 aromatic heterocycles. The van der Waals surface area contributed by atoms with Gasteiger partial charge in [-0.2, -0.15) is 0 Å². The molecule has 4 nitrogen and oxygen atoms in total. The zero-order chi connectivity index (χ0) is 13.0. The van der Waals surface area contributed by atoms with Crippen LogP contribution in [0.25, 0.3) is 0 Å². The second-order valence-corrected chi connectivity index (χ2v) is 6.55. The van der Waals surface area contributed by atoms with Crippen molar-refractivity contribution in [1.82, 2.24) is 10.2 Å². The zero-order valence-electron chi connectivity index (χ0n) is 11.0. The average Bonchev–Trinajstić information content (AvgIpc) is 2.92. The molecule has 0 bridgehead atoms. The Bertz CT molecular complexity index is 590. The van der Waals surface area contributed by atoms with E-state index in [0.29, 0.717) is 0 Å². The molecule has 3 heterocycles. The van der Waals surface area contributed by atoms with Crippen molar-refractivity contribution in [3.8, 4) is 0 Å². The van der Waals surface area contributed by atoms with Crippen LogP contribution in [0.2, 0.25) is 0 Å². The highest BCUT2D eigenvalue weighted by molar-refractivity contribution is 7.16. The molecule has 0 saturated carbocycles. The second kappa shape index (κ2) is 4.07. The first kappa shape index (κ1) is 11.5. The molecular weight excluding hydrogens is 258 g/mol. The number of rotatable bonds is 1. The van der Waals surface area contributed by atoms with Gasteiger partial charge < -0.3 is 4.90 Å². The topological polar surface area (TPSA) is 44.7 Å². The summed E-state index contributed by atoms with van der Waals surface area (Å²) in [5.74, 6) is 0.869. The van der Waals surface area contributed by atoms with Crippen LogP contribution in [0, 0.1) is 0 Å². The summed E-state index contributed by atoms with van der Waals surface area (Å²) in [6, 6.07) is -0.0361. The lowest BCUT2D eigenvalue weighted by Gasteiger charge is -2.26. The van der Waals surface area contributed by atoms with Crippen LogP contribution in [0.4, 0.5) is 5.00 Å². The highest BCUT2D eigenvalue weighted by Crippen LogP contribution is 2.43. The highest BCUT2D eigenvalue weighted by Gasteiger charge is 2.39. The van der Waals surface area contributed by atoms with E-state index in [2.05, 4.69) is 17.1 Å². The van der Waals surface area contributed by atoms with E-state index in [1.165, 1.54) is 41.7 Å². The number of aryl methyl sites for hydroxylation is 1. The number of hydrogen-bond donors (Lipinski definition) is 1. The fourth-order valence-corrected chi connectivity index (χ4v) is 4.65. The van der Waals surface area contributed by atoms with Gasteiger partial charge in [-0.1, -0.05) is 6.92 Å². The smallest absolute Gasteiger partial charge is 0.249 e. The summed E-state index contributed by atoms with van der Waals surface area (Å²) in [4.78, 5) is 20.3. The Kier molecular flexibility index (Phi) is 2.45. The van der Waals surface area contributed by atoms with Gasteiger partial charge in [0.2, 0.25) is 11.9 Å². The molecule has 3 aliphatic rings. The third-order valence-corrected chi connectivity index (χ3v) is 5.60. The minimum Gasteiger partial charge on any atom is -0.326 e. The number of amides is 1. The van der Waals surface area contributed by atoms with Crippen molar-refractivity contribution >= 4 is 28.2 Å². The fraction of sp³-hybridized carbons (Fsp3) is 0.571. The maximum Gasteiger partial charge on any atom is 0.249 e. The quantitative estimate of drug-likeness (QED) is 0.855. The first-order valence-corrected chi connectivity index (χ1v) is 7.89. The number of fused-ring (bicyclic) bond motifs is 4. The third-order valence-electron chi connectivity index (χ3n) is 4.37. The Morgan fingerprint density at radius 1 is 1.37 bits per heavy atom. The number of guanidine groups is 1. The molecule has 1 atom stereocenters. The van der Waals surface area contributed by atoms with Crippen molar-refractivity contribution < 1.29 is 4.79 Å². The van der Waals surface area contributed by atoms with Gasteiger partial charge in [0.1, 0.15) is 11.0 Å². The minimum absolute atomic E-state index is 0.0361. The van der Waals surface area contributed by atoms with Crippen LogP contribution in [0.1, 0.15) is 42.2 Å². The van der Waals surface area contributed by atoms with Gasteiger partial charge in [-0.15, -0.1) is 11.3 Å². The first-order valence-electron chi connectivity index (χ1n) is 7.07. The van der Waals surface area contributed by atoms with Crippen molar-refractivity contribution in [2.45, 2.75) is 51.6 Å². The minimum atomic E-state index is -0.0361. The normalized spacial score (nSPS) is 24.5. The summed E-state index contributed by atoms with van der Waals surface area (Å²) in [7, 11) is 0. The lowest BCUT2D eigenvalue weighted by Crippen LogP contribution is -2.36. The summed E-state index contributed by atoms with van der Waals surface area (Å²) in [6.45, 7) is 2.92. The molecule has 2 aliphatic heterocycles. The molecule has 1 aromatic rings. The van der Waals surface area contributed by atoms with E-state index in [4.69, 9.17) is 4.99 Å². The number of carbonyl (C=O) groups is 1. The molecule has 1 fully saturated rings. The van der Waals surface area contributed by atoms with Crippen LogP contribution in [-0.4, -0.2) is 22.8 Å². The Morgan fingerprint density at radius 2 is 2.21 bits per heavy atom. The maximum atomic E-state index is 11.9. The van der Waals surface area contributed by atoms with Crippen molar-refractivity contribution in [2.24, 2.45) is 4.99 Å². The van der Waals surface area contributed by atoms with Crippen LogP contribution in [-0.2, 0) is 24.2 Å². The van der Waals surface area contributed by atoms with E-state index in [1.54, 1.807) is 0 Å². The predicted molar refractivity (Wildman–Crippen MR) is 75.8 cm³/mol. The summed E-state index contributed by atoms with van der Waals surface area (Å²) < 4.78 is 0. The summed E-state index contributed by atoms with van der Waals surface area (Å²) >= 11 is 1.83. The van der Waals surface area contributed by atoms with Crippen LogP contribution in [0.15, 0.2) is 4.99 Å². The molecule has 1 amide bonds. The molecule has 0 spiro atoms. The fourth-order valence-electron chi connectivity index (χ4n) is 3.37. The van der Waals surface area contributed by atoms with Gasteiger partial charge in [-0.05, 0) is 37.7 Å². The molecular formula is C14H17N3OS. The molecule has 1 aliphatic carbocycles. The molecule has 5 heteroatoms. The van der Waals surface area contributed by atoms with Crippen molar-refractivity contribution in [3.05, 3.63) is 16.0 Å². The van der Waals surface area contributed by atoms with E-state index < -0.39 is 0 Å². The Balaban J connectivity index is 1.78. The van der Waals surface area contributed by atoms with Crippen LogP contribution in [0.5, 0.6) is 0 Å². The van der Waals surface area contributed by atoms with Crippen LogP contribution >= 0.6 is 11.3 Å². The van der Waals surface area contributed by atoms with Gasteiger partial charge in [0.15, 0.2) is 0 Å². The number of nitrogens with one attached hydrogen (secondary N) is 1. The molecule has 1 unspecified atom stereocenters. The van der Waals surface area contributed by atoms with E-state index >= 15 is 0 Å². The van der Waals surface area contributed by atoms with Gasteiger partial charge >= 0.3 is 0 Å². The Morgan fingerprint density at radius 3 is 3.05 bits per heavy atom. The number of hydrogen-bond acceptors (Lipinski definition) is 4. The Hall–Kier alpha value is -1.36. The van der Waals surface area contributed by atoms with Gasteiger partial charge in [0.25, 0.3) is 0 Å². The number of aliphatic imine (C=N–C) groups is 1. The molecule has 100 valence electrons. The SMILES string of the molecule is CCC1C(=O)NC2=Nc3sc4c(c3CN21)CCCC4. The Labute approximate surface area is 116 Å². The number of nitrogens with zero attached hydrogens (tertiary/aromatic N) is 2. The third kappa shape index (κ3) is 1.57. The second-order valence-electron chi connectivity index (χ2n) is 5.47. The van der Waals surface area contributed by atoms with Gasteiger partial charge in [0.05, 0.1) is 0 Å². The van der Waals surface area contributed by atoms with E-state index in [0.717, 1.165) is 23.9 Å². The standard InChI is InChI=1S/C14H17N3OS/c1-2-10-12(18)15-14-16-13-9(7-17(10)14)8-5-3-4-6-11(8)19-13/h10H,2-7H2,1H3,(H,15,16,18). The zero-order valence-corrected chi connectivity index (χ0v) is 11.8. The molecule has 0 radical (unpaired) electrons. The molecule has 4 rings (SSSR count). The monoisotopic (exact) mass is 275 g/mol. The molecule has 1 N–H and O–H groups in total. The van der Waals surface area contributed by atoms with E-state index in [9.17, 15) is 4.79 Å². The summed E-state index contributed by atoms with van der Waals surface area (Å²) in [5.41, 5.74) is 2.92. The van der Waals surface area contributed by atoms with Crippen LogP contribution < -0.4 is 5.32 Å². The molecule has 1 saturated heterocycles. The molecule has 0 aromatic carbocycles. The van der Waals surface area contributed by atoms with Gasteiger partial charge in [-0.25, -0.2) is 4.99 Å². The van der Waals surface area contributed by atoms with Gasteiger partial charge in [-0.3, -0.25) is 10.1 Å². The highest BCUT2D eigenvalue weighted by atomic mass is 32.1. The summed E-state index contributed by atoms with van der Waals surface area (Å²) in [6.07, 6.45) is 5.84. The first-order chi connectivity index (χ1) is 9.28. The van der Waals surface area contributed by atoms with Crippen molar-refractivity contribution in [2.75, 3.05) is 0 Å². The lowest BCUT2D eigenvalue weighted by molar-refractivity contribution is -0.121. The lowest BCUT2D eigenvalue weighted by atomic mass is 9.95. The van der Waals surface area contributed by atoms with E-state index in [1.807, 2.05) is 11.3 Å². The van der Waals surface area contributed by atoms with Crippen molar-refractivity contribution in [3.63, 3.8) is 0 Å². The maximum absolute atomic E-state index is 11.9. The van der Waals surface area contributed by atoms with Crippen LogP contribution in [0.3, 0.4) is 0 Å². The van der Waals surface area contributed by atoms with Gasteiger partial charge in [0, 0.05) is 17.0 Å². The number of thiophene rings is 1. The largest absolute Gasteiger partial charge is 0.326 e. The average molecular weight is 275 g/mol. The van der Waals surface area contributed by atoms with Crippen molar-refractivity contribution in [1.29, 1.82) is 0 Å². The van der Waals surface area contributed by atoms with E-state index in [-0.39, 0.29) is 11.9 Å². The summed E-state index contributed by atoms with van der Waals surface area (Å²) in [5, 5.41) is 4.06. The molecule has 19 heavy (non-hydrogen) atoms. The predicted octanol–water partition coefficient (Wildman–Crippen LogP) is 2.34. The number of carbonyl (C=O) groups excluding carboxylic acids is 1.